The lowest BCUT2D eigenvalue weighted by molar-refractivity contribution is 0.0858. The quantitative estimate of drug-likeness (QED) is 0.854. The predicted octanol–water partition coefficient (Wildman–Crippen LogP) is 1.97. The predicted molar refractivity (Wildman–Crippen MR) is 60.4 cm³/mol. The number of carbonyl (C=O) groups is 1. The Labute approximate surface area is 93.4 Å². The lowest BCUT2D eigenvalue weighted by Gasteiger charge is -2.09. The van der Waals surface area contributed by atoms with E-state index in [4.69, 9.17) is 4.74 Å². The van der Waals surface area contributed by atoms with Crippen LogP contribution in [0.4, 0.5) is 0 Å². The van der Waals surface area contributed by atoms with Crippen molar-refractivity contribution in [1.29, 1.82) is 0 Å². The van der Waals surface area contributed by atoms with Crippen molar-refractivity contribution in [2.24, 2.45) is 0 Å². The molecule has 1 aromatic heterocycles. The third kappa shape index (κ3) is 2.79. The van der Waals surface area contributed by atoms with E-state index in [1.807, 2.05) is 18.4 Å². The van der Waals surface area contributed by atoms with Gasteiger partial charge < -0.3 is 10.1 Å². The van der Waals surface area contributed by atoms with Gasteiger partial charge in [0.25, 0.3) is 5.91 Å². The summed E-state index contributed by atoms with van der Waals surface area (Å²) in [6, 6.07) is 1.91. The Balaban J connectivity index is 1.81. The molecule has 0 aliphatic carbocycles. The van der Waals surface area contributed by atoms with Crippen LogP contribution in [0.2, 0.25) is 0 Å². The van der Waals surface area contributed by atoms with Gasteiger partial charge in [-0.1, -0.05) is 0 Å². The summed E-state index contributed by atoms with van der Waals surface area (Å²) in [4.78, 5) is 12.8. The summed E-state index contributed by atoms with van der Waals surface area (Å²) < 4.78 is 5.43. The van der Waals surface area contributed by atoms with Gasteiger partial charge in [-0.05, 0) is 25.8 Å². The van der Waals surface area contributed by atoms with E-state index in [0.29, 0.717) is 6.54 Å². The van der Waals surface area contributed by atoms with Crippen LogP contribution < -0.4 is 5.32 Å². The first kappa shape index (κ1) is 10.6. The second kappa shape index (κ2) is 4.77. The van der Waals surface area contributed by atoms with Crippen LogP contribution >= 0.6 is 11.3 Å². The van der Waals surface area contributed by atoms with Crippen molar-refractivity contribution in [3.63, 3.8) is 0 Å². The Bertz CT molecular complexity index is 342. The summed E-state index contributed by atoms with van der Waals surface area (Å²) in [5, 5.41) is 4.79. The highest BCUT2D eigenvalue weighted by Crippen LogP contribution is 2.14. The Morgan fingerprint density at radius 3 is 3.20 bits per heavy atom. The zero-order valence-corrected chi connectivity index (χ0v) is 9.60. The van der Waals surface area contributed by atoms with Crippen LogP contribution in [0.5, 0.6) is 0 Å². The summed E-state index contributed by atoms with van der Waals surface area (Å²) in [7, 11) is 0. The van der Waals surface area contributed by atoms with E-state index in [9.17, 15) is 4.79 Å². The lowest BCUT2D eigenvalue weighted by Crippen LogP contribution is -2.31. The molecule has 1 unspecified atom stereocenters. The van der Waals surface area contributed by atoms with E-state index in [1.54, 1.807) is 11.3 Å². The van der Waals surface area contributed by atoms with Gasteiger partial charge in [0, 0.05) is 23.4 Å². The van der Waals surface area contributed by atoms with Gasteiger partial charge in [-0.2, -0.15) is 0 Å². The summed E-state index contributed by atoms with van der Waals surface area (Å²) in [5.41, 5.74) is 0.760. The first-order valence-electron chi connectivity index (χ1n) is 5.20. The van der Waals surface area contributed by atoms with E-state index in [1.165, 1.54) is 0 Å². The monoisotopic (exact) mass is 225 g/mol. The Morgan fingerprint density at radius 2 is 2.60 bits per heavy atom. The van der Waals surface area contributed by atoms with Gasteiger partial charge in [0.2, 0.25) is 0 Å². The van der Waals surface area contributed by atoms with Gasteiger partial charge in [-0.25, -0.2) is 0 Å². The zero-order valence-electron chi connectivity index (χ0n) is 8.79. The van der Waals surface area contributed by atoms with Gasteiger partial charge in [0.05, 0.1) is 11.7 Å². The first-order chi connectivity index (χ1) is 7.25. The van der Waals surface area contributed by atoms with Crippen LogP contribution in [-0.4, -0.2) is 25.2 Å². The highest BCUT2D eigenvalue weighted by atomic mass is 32.1. The van der Waals surface area contributed by atoms with Crippen molar-refractivity contribution in [2.45, 2.75) is 25.9 Å². The van der Waals surface area contributed by atoms with Crippen LogP contribution in [0.25, 0.3) is 0 Å². The minimum Gasteiger partial charge on any atom is -0.376 e. The lowest BCUT2D eigenvalue weighted by atomic mass is 10.2. The molecule has 1 aliphatic rings. The maximum atomic E-state index is 11.7. The van der Waals surface area contributed by atoms with Gasteiger partial charge in [-0.3, -0.25) is 4.79 Å². The molecule has 1 saturated heterocycles. The number of ether oxygens (including phenoxy) is 1. The smallest absolute Gasteiger partial charge is 0.252 e. The first-order valence-corrected chi connectivity index (χ1v) is 6.08. The van der Waals surface area contributed by atoms with Gasteiger partial charge in [0.1, 0.15) is 0 Å². The van der Waals surface area contributed by atoms with Crippen molar-refractivity contribution < 1.29 is 9.53 Å². The van der Waals surface area contributed by atoms with Gasteiger partial charge >= 0.3 is 0 Å². The maximum absolute atomic E-state index is 11.7. The second-order valence-corrected chi connectivity index (χ2v) is 4.91. The molecule has 1 fully saturated rings. The summed E-state index contributed by atoms with van der Waals surface area (Å²) >= 11 is 1.60. The fourth-order valence-corrected chi connectivity index (χ4v) is 2.36. The van der Waals surface area contributed by atoms with E-state index in [0.717, 1.165) is 29.9 Å². The van der Waals surface area contributed by atoms with E-state index in [2.05, 4.69) is 5.32 Å². The number of amides is 1. The van der Waals surface area contributed by atoms with Crippen LogP contribution in [0.15, 0.2) is 11.4 Å². The molecule has 0 saturated carbocycles. The van der Waals surface area contributed by atoms with E-state index < -0.39 is 0 Å². The van der Waals surface area contributed by atoms with Crippen molar-refractivity contribution in [3.8, 4) is 0 Å². The molecule has 0 radical (unpaired) electrons. The highest BCUT2D eigenvalue weighted by molar-refractivity contribution is 7.10. The Morgan fingerprint density at radius 1 is 1.73 bits per heavy atom. The SMILES string of the molecule is Cc1cc(C(=O)NCC2CCCO2)cs1. The largest absolute Gasteiger partial charge is 0.376 e. The summed E-state index contributed by atoms with van der Waals surface area (Å²) in [6.45, 7) is 3.47. The van der Waals surface area contributed by atoms with Crippen molar-refractivity contribution in [3.05, 3.63) is 21.9 Å². The van der Waals surface area contributed by atoms with Crippen LogP contribution in [0, 0.1) is 6.92 Å². The molecule has 2 rings (SSSR count). The standard InChI is InChI=1S/C11H15NO2S/c1-8-5-9(7-15-8)11(13)12-6-10-3-2-4-14-10/h5,7,10H,2-4,6H2,1H3,(H,12,13). The fraction of sp³-hybridized carbons (Fsp3) is 0.545. The number of hydrogen-bond donors (Lipinski definition) is 1. The molecule has 1 amide bonds. The third-order valence-corrected chi connectivity index (χ3v) is 3.37. The number of thiophene rings is 1. The minimum absolute atomic E-state index is 0.00912. The topological polar surface area (TPSA) is 38.3 Å². The van der Waals surface area contributed by atoms with Crippen LogP contribution in [0.1, 0.15) is 28.1 Å². The van der Waals surface area contributed by atoms with Gasteiger partial charge in [0.15, 0.2) is 0 Å². The number of nitrogens with one attached hydrogen (secondary N) is 1. The number of aryl methyl sites for hydroxylation is 1. The molecule has 82 valence electrons. The average molecular weight is 225 g/mol. The normalized spacial score (nSPS) is 20.5. The molecule has 0 spiro atoms. The van der Waals surface area contributed by atoms with E-state index in [-0.39, 0.29) is 12.0 Å². The number of carbonyl (C=O) groups excluding carboxylic acids is 1. The fourth-order valence-electron chi connectivity index (χ4n) is 1.68. The molecule has 0 aromatic carbocycles. The Hall–Kier alpha value is -0.870. The molecular weight excluding hydrogens is 210 g/mol. The molecule has 1 aliphatic heterocycles. The molecule has 1 aromatic rings. The zero-order chi connectivity index (χ0) is 10.7. The van der Waals surface area contributed by atoms with Crippen LogP contribution in [-0.2, 0) is 4.74 Å². The minimum atomic E-state index is 0.00912. The number of hydrogen-bond acceptors (Lipinski definition) is 3. The van der Waals surface area contributed by atoms with Crippen LogP contribution in [0.3, 0.4) is 0 Å². The molecule has 4 heteroatoms. The van der Waals surface area contributed by atoms with E-state index >= 15 is 0 Å². The second-order valence-electron chi connectivity index (χ2n) is 3.79. The van der Waals surface area contributed by atoms with Crippen molar-refractivity contribution >= 4 is 17.2 Å². The molecule has 2 heterocycles. The van der Waals surface area contributed by atoms with Crippen molar-refractivity contribution in [1.82, 2.24) is 5.32 Å². The maximum Gasteiger partial charge on any atom is 0.252 e. The van der Waals surface area contributed by atoms with Crippen molar-refractivity contribution in [2.75, 3.05) is 13.2 Å². The average Bonchev–Trinajstić information content (AvgIpc) is 2.84. The molecule has 1 N–H and O–H groups in total. The third-order valence-electron chi connectivity index (χ3n) is 2.51. The Kier molecular flexibility index (Phi) is 3.38. The summed E-state index contributed by atoms with van der Waals surface area (Å²) in [5.74, 6) is 0.00912. The number of rotatable bonds is 3. The molecule has 3 nitrogen and oxygen atoms in total. The molecular formula is C11H15NO2S. The summed E-state index contributed by atoms with van der Waals surface area (Å²) in [6.07, 6.45) is 2.38. The molecule has 15 heavy (non-hydrogen) atoms. The highest BCUT2D eigenvalue weighted by Gasteiger charge is 2.16. The van der Waals surface area contributed by atoms with Gasteiger partial charge in [-0.15, -0.1) is 11.3 Å². The molecule has 0 bridgehead atoms. The molecule has 1 atom stereocenters.